The van der Waals surface area contributed by atoms with Crippen molar-refractivity contribution < 1.29 is 4.79 Å². The molecule has 6 nitrogen and oxygen atoms in total. The lowest BCUT2D eigenvalue weighted by atomic mass is 9.97. The first-order valence-electron chi connectivity index (χ1n) is 11.7. The van der Waals surface area contributed by atoms with Gasteiger partial charge >= 0.3 is 0 Å². The van der Waals surface area contributed by atoms with E-state index in [1.165, 1.54) is 22.5 Å². The van der Waals surface area contributed by atoms with Crippen LogP contribution >= 0.6 is 11.3 Å². The number of thiophene rings is 1. The van der Waals surface area contributed by atoms with Gasteiger partial charge in [0.1, 0.15) is 4.70 Å². The quantitative estimate of drug-likeness (QED) is 0.432. The van der Waals surface area contributed by atoms with Gasteiger partial charge < -0.3 is 10.2 Å². The number of carbonyl (C=O) groups is 1. The fraction of sp³-hybridized carbons (Fsp3) is 0.296. The summed E-state index contributed by atoms with van der Waals surface area (Å²) < 4.78 is 0.631. The fourth-order valence-corrected chi connectivity index (χ4v) is 5.41. The lowest BCUT2D eigenvalue weighted by Crippen LogP contribution is -2.44. The molecule has 1 amide bonds. The minimum absolute atomic E-state index is 0.0694. The Bertz CT molecular complexity index is 1340. The molecular formula is C27H28N4O2S. The lowest BCUT2D eigenvalue weighted by Gasteiger charge is -2.32. The van der Waals surface area contributed by atoms with Gasteiger partial charge in [-0.2, -0.15) is 0 Å². The largest absolute Gasteiger partial charge is 0.355 e. The number of aromatic amines is 1. The van der Waals surface area contributed by atoms with E-state index < -0.39 is 0 Å². The summed E-state index contributed by atoms with van der Waals surface area (Å²) in [4.78, 5) is 35.5. The van der Waals surface area contributed by atoms with Gasteiger partial charge in [-0.25, -0.2) is 4.98 Å². The Labute approximate surface area is 202 Å². The van der Waals surface area contributed by atoms with Crippen LogP contribution in [-0.4, -0.2) is 35.5 Å². The summed E-state index contributed by atoms with van der Waals surface area (Å²) in [6.07, 6.45) is 2.54. The molecule has 0 radical (unpaired) electrons. The fourth-order valence-electron chi connectivity index (χ4n) is 4.51. The summed E-state index contributed by atoms with van der Waals surface area (Å²) in [5.41, 5.74) is 5.02. The van der Waals surface area contributed by atoms with E-state index in [-0.39, 0.29) is 17.4 Å². The van der Waals surface area contributed by atoms with E-state index in [9.17, 15) is 9.59 Å². The van der Waals surface area contributed by atoms with E-state index in [0.29, 0.717) is 23.7 Å². The molecule has 2 aromatic heterocycles. The van der Waals surface area contributed by atoms with E-state index in [2.05, 4.69) is 53.6 Å². The van der Waals surface area contributed by atoms with Gasteiger partial charge in [-0.05, 0) is 37.3 Å². The summed E-state index contributed by atoms with van der Waals surface area (Å²) in [6, 6.07) is 18.4. The van der Waals surface area contributed by atoms with Crippen LogP contribution in [-0.2, 0) is 11.2 Å². The standard InChI is InChI=1S/C27H28N4O2S/c1-18-9-11-20(12-10-18)22-17-34-24-23(22)29-27(30-26(24)33)31-15-5-8-21(16-31)25(32)28-14-13-19-6-3-2-4-7-19/h2-4,6-7,9-12,17,21H,5,8,13-16H2,1H3,(H,28,32)(H,29,30,33)/t21-/m1/s1. The Hall–Kier alpha value is -3.45. The molecule has 0 aliphatic carbocycles. The van der Waals surface area contributed by atoms with Crippen LogP contribution < -0.4 is 15.8 Å². The van der Waals surface area contributed by atoms with Crippen LogP contribution in [0.3, 0.4) is 0 Å². The van der Waals surface area contributed by atoms with E-state index in [4.69, 9.17) is 4.98 Å². The van der Waals surface area contributed by atoms with Crippen molar-refractivity contribution in [2.45, 2.75) is 26.2 Å². The van der Waals surface area contributed by atoms with Crippen LogP contribution in [0.25, 0.3) is 21.3 Å². The molecule has 1 aliphatic heterocycles. The second-order valence-corrected chi connectivity index (χ2v) is 9.77. The average Bonchev–Trinajstić information content (AvgIpc) is 3.30. The Morgan fingerprint density at radius 3 is 2.76 bits per heavy atom. The van der Waals surface area contributed by atoms with Crippen molar-refractivity contribution in [2.24, 2.45) is 5.92 Å². The second-order valence-electron chi connectivity index (χ2n) is 8.89. The van der Waals surface area contributed by atoms with Crippen LogP contribution in [0.2, 0.25) is 0 Å². The number of nitrogens with one attached hydrogen (secondary N) is 2. The number of nitrogens with zero attached hydrogens (tertiary/aromatic N) is 2. The van der Waals surface area contributed by atoms with Crippen LogP contribution in [0.4, 0.5) is 5.95 Å². The molecule has 7 heteroatoms. The number of hydrogen-bond acceptors (Lipinski definition) is 5. The van der Waals surface area contributed by atoms with Crippen LogP contribution in [0, 0.1) is 12.8 Å². The molecule has 1 aliphatic rings. The zero-order valence-corrected chi connectivity index (χ0v) is 20.0. The van der Waals surface area contributed by atoms with Gasteiger partial charge in [0, 0.05) is 30.6 Å². The van der Waals surface area contributed by atoms with Crippen molar-refractivity contribution in [3.63, 3.8) is 0 Å². The molecule has 1 atom stereocenters. The predicted octanol–water partition coefficient (Wildman–Crippen LogP) is 4.54. The first-order valence-corrected chi connectivity index (χ1v) is 12.6. The monoisotopic (exact) mass is 472 g/mol. The summed E-state index contributed by atoms with van der Waals surface area (Å²) in [7, 11) is 0. The minimum atomic E-state index is -0.127. The Kier molecular flexibility index (Phi) is 6.45. The maximum atomic E-state index is 12.8. The molecule has 34 heavy (non-hydrogen) atoms. The third-order valence-corrected chi connectivity index (χ3v) is 7.39. The molecule has 2 N–H and O–H groups in total. The average molecular weight is 473 g/mol. The molecule has 0 bridgehead atoms. The van der Waals surface area contributed by atoms with Gasteiger partial charge in [0.25, 0.3) is 5.56 Å². The van der Waals surface area contributed by atoms with Crippen molar-refractivity contribution in [1.82, 2.24) is 15.3 Å². The number of H-pyrrole nitrogens is 1. The van der Waals surface area contributed by atoms with Crippen molar-refractivity contribution in [1.29, 1.82) is 0 Å². The maximum Gasteiger partial charge on any atom is 0.270 e. The number of benzene rings is 2. The molecule has 1 saturated heterocycles. The van der Waals surface area contributed by atoms with Crippen molar-refractivity contribution >= 4 is 33.4 Å². The predicted molar refractivity (Wildman–Crippen MR) is 139 cm³/mol. The van der Waals surface area contributed by atoms with Crippen molar-refractivity contribution in [3.8, 4) is 11.1 Å². The van der Waals surface area contributed by atoms with Crippen LogP contribution in [0.5, 0.6) is 0 Å². The number of amides is 1. The second kappa shape index (κ2) is 9.81. The molecule has 0 unspecified atom stereocenters. The highest BCUT2D eigenvalue weighted by molar-refractivity contribution is 7.17. The SMILES string of the molecule is Cc1ccc(-c2csc3c(=O)[nH]c(N4CCC[C@@H](C(=O)NCCc5ccccc5)C4)nc23)cc1. The molecule has 174 valence electrons. The summed E-state index contributed by atoms with van der Waals surface area (Å²) in [5.74, 6) is 0.496. The highest BCUT2D eigenvalue weighted by Gasteiger charge is 2.27. The minimum Gasteiger partial charge on any atom is -0.355 e. The van der Waals surface area contributed by atoms with Gasteiger partial charge in [-0.3, -0.25) is 14.6 Å². The topological polar surface area (TPSA) is 78.1 Å². The van der Waals surface area contributed by atoms with Crippen LogP contribution in [0.1, 0.15) is 24.0 Å². The zero-order chi connectivity index (χ0) is 23.5. The number of aromatic nitrogens is 2. The summed E-state index contributed by atoms with van der Waals surface area (Å²) in [5, 5.41) is 5.09. The molecule has 3 heterocycles. The number of aryl methyl sites for hydroxylation is 1. The number of fused-ring (bicyclic) bond motifs is 1. The third-order valence-electron chi connectivity index (χ3n) is 6.42. The maximum absolute atomic E-state index is 12.8. The number of anilines is 1. The van der Waals surface area contributed by atoms with E-state index in [0.717, 1.165) is 42.5 Å². The Morgan fingerprint density at radius 2 is 1.97 bits per heavy atom. The lowest BCUT2D eigenvalue weighted by molar-refractivity contribution is -0.125. The highest BCUT2D eigenvalue weighted by Crippen LogP contribution is 2.32. The van der Waals surface area contributed by atoms with E-state index >= 15 is 0 Å². The van der Waals surface area contributed by atoms with Gasteiger partial charge in [0.15, 0.2) is 0 Å². The number of hydrogen-bond donors (Lipinski definition) is 2. The molecular weight excluding hydrogens is 444 g/mol. The third kappa shape index (κ3) is 4.75. The smallest absolute Gasteiger partial charge is 0.270 e. The zero-order valence-electron chi connectivity index (χ0n) is 19.2. The van der Waals surface area contributed by atoms with Gasteiger partial charge in [0.05, 0.1) is 11.4 Å². The first-order chi connectivity index (χ1) is 16.6. The molecule has 2 aromatic carbocycles. The summed E-state index contributed by atoms with van der Waals surface area (Å²) >= 11 is 1.42. The molecule has 5 rings (SSSR count). The van der Waals surface area contributed by atoms with Crippen molar-refractivity contribution in [3.05, 3.63) is 81.5 Å². The number of carbonyl (C=O) groups excluding carboxylic acids is 1. The Morgan fingerprint density at radius 1 is 1.18 bits per heavy atom. The van der Waals surface area contributed by atoms with Gasteiger partial charge in [-0.15, -0.1) is 11.3 Å². The molecule has 1 fully saturated rings. The first kappa shape index (κ1) is 22.3. The number of piperidine rings is 1. The molecule has 0 spiro atoms. The summed E-state index contributed by atoms with van der Waals surface area (Å²) in [6.45, 7) is 4.00. The molecule has 0 saturated carbocycles. The Balaban J connectivity index is 1.32. The highest BCUT2D eigenvalue weighted by atomic mass is 32.1. The normalized spacial score (nSPS) is 16.0. The number of rotatable bonds is 6. The van der Waals surface area contributed by atoms with Crippen LogP contribution in [0.15, 0.2) is 64.8 Å². The van der Waals surface area contributed by atoms with Gasteiger partial charge in [0.2, 0.25) is 11.9 Å². The molecule has 4 aromatic rings. The van der Waals surface area contributed by atoms with Crippen molar-refractivity contribution in [2.75, 3.05) is 24.5 Å². The van der Waals surface area contributed by atoms with Gasteiger partial charge in [-0.1, -0.05) is 60.2 Å². The van der Waals surface area contributed by atoms with E-state index in [1.54, 1.807) is 0 Å². The van der Waals surface area contributed by atoms with E-state index in [1.807, 2.05) is 28.5 Å².